The number of anilines is 5. The highest BCUT2D eigenvalue weighted by Crippen LogP contribution is 2.32. The van der Waals surface area contributed by atoms with Gasteiger partial charge in [-0.05, 0) is 66.7 Å². The second kappa shape index (κ2) is 9.64. The Kier molecular flexibility index (Phi) is 7.06. The molecule has 7 nitrogen and oxygen atoms in total. The predicted octanol–water partition coefficient (Wildman–Crippen LogP) is 5.38. The number of esters is 1. The highest BCUT2D eigenvalue weighted by molar-refractivity contribution is 7.92. The molecule has 0 spiro atoms. The van der Waals surface area contributed by atoms with E-state index in [4.69, 9.17) is 4.74 Å². The number of rotatable bonds is 7. The Hall–Kier alpha value is -3.73. The fourth-order valence-electron chi connectivity index (χ4n) is 3.16. The SMILES string of the molecule is COC(=O)c1cc(NS(C)(=O)=O)ccc1Nc1ccc(N(C)c2ccc(C(F)(F)F)cc2)cc1. The first-order chi connectivity index (χ1) is 15.9. The summed E-state index contributed by atoms with van der Waals surface area (Å²) in [6.45, 7) is 0. The number of benzene rings is 3. The van der Waals surface area contributed by atoms with Gasteiger partial charge >= 0.3 is 12.1 Å². The first-order valence-corrected chi connectivity index (χ1v) is 11.7. The van der Waals surface area contributed by atoms with E-state index in [-0.39, 0.29) is 11.3 Å². The molecule has 0 aromatic heterocycles. The minimum Gasteiger partial charge on any atom is -0.465 e. The molecule has 3 aromatic carbocycles. The summed E-state index contributed by atoms with van der Waals surface area (Å²) in [4.78, 5) is 13.9. The fraction of sp³-hybridized carbons (Fsp3) is 0.174. The van der Waals surface area contributed by atoms with Crippen molar-refractivity contribution < 1.29 is 31.1 Å². The molecule has 3 aromatic rings. The average molecular weight is 494 g/mol. The van der Waals surface area contributed by atoms with Crippen molar-refractivity contribution in [3.05, 3.63) is 77.9 Å². The maximum atomic E-state index is 12.8. The maximum absolute atomic E-state index is 12.8. The minimum atomic E-state index is -4.40. The topological polar surface area (TPSA) is 87.7 Å². The van der Waals surface area contributed by atoms with Crippen LogP contribution in [-0.2, 0) is 20.9 Å². The number of halogens is 3. The van der Waals surface area contributed by atoms with Crippen molar-refractivity contribution in [2.24, 2.45) is 0 Å². The monoisotopic (exact) mass is 493 g/mol. The number of alkyl halides is 3. The number of nitrogens with one attached hydrogen (secondary N) is 2. The Morgan fingerprint density at radius 1 is 0.912 bits per heavy atom. The van der Waals surface area contributed by atoms with Gasteiger partial charge in [0.05, 0.1) is 30.2 Å². The van der Waals surface area contributed by atoms with Gasteiger partial charge in [-0.1, -0.05) is 0 Å². The first kappa shape index (κ1) is 24.9. The van der Waals surface area contributed by atoms with Crippen LogP contribution in [0.25, 0.3) is 0 Å². The van der Waals surface area contributed by atoms with Crippen molar-refractivity contribution in [1.82, 2.24) is 0 Å². The van der Waals surface area contributed by atoms with E-state index in [2.05, 4.69) is 10.0 Å². The largest absolute Gasteiger partial charge is 0.465 e. The second-order valence-electron chi connectivity index (χ2n) is 7.40. The van der Waals surface area contributed by atoms with Crippen molar-refractivity contribution in [3.8, 4) is 0 Å². The number of sulfonamides is 1. The molecule has 11 heteroatoms. The van der Waals surface area contributed by atoms with Gasteiger partial charge in [0.15, 0.2) is 0 Å². The lowest BCUT2D eigenvalue weighted by molar-refractivity contribution is -0.137. The van der Waals surface area contributed by atoms with E-state index in [0.29, 0.717) is 17.1 Å². The molecule has 0 atom stereocenters. The van der Waals surface area contributed by atoms with E-state index in [0.717, 1.165) is 24.1 Å². The number of methoxy groups -OCH3 is 1. The third-order valence-corrected chi connectivity index (χ3v) is 5.45. The molecule has 0 aliphatic heterocycles. The second-order valence-corrected chi connectivity index (χ2v) is 9.15. The van der Waals surface area contributed by atoms with E-state index in [1.807, 2.05) is 0 Å². The van der Waals surface area contributed by atoms with Crippen LogP contribution < -0.4 is 14.9 Å². The summed E-state index contributed by atoms with van der Waals surface area (Å²) >= 11 is 0. The molecule has 0 unspecified atom stereocenters. The molecule has 0 heterocycles. The Morgan fingerprint density at radius 2 is 1.44 bits per heavy atom. The van der Waals surface area contributed by atoms with Crippen molar-refractivity contribution in [3.63, 3.8) is 0 Å². The molecule has 3 rings (SSSR count). The Labute approximate surface area is 195 Å². The standard InChI is InChI=1S/C23H22F3N3O4S/c1-29(18-9-4-15(5-10-18)23(24,25)26)19-11-6-16(7-12-19)27-21-13-8-17(28-34(3,31)32)14-20(21)22(30)33-2/h4-14,27-28H,1-3H3. The van der Waals surface area contributed by atoms with E-state index >= 15 is 0 Å². The van der Waals surface area contributed by atoms with Gasteiger partial charge < -0.3 is 15.0 Å². The zero-order valence-electron chi connectivity index (χ0n) is 18.5. The van der Waals surface area contributed by atoms with E-state index in [9.17, 15) is 26.4 Å². The summed E-state index contributed by atoms with van der Waals surface area (Å²) in [6.07, 6.45) is -3.40. The van der Waals surface area contributed by atoms with Crippen LogP contribution in [0.15, 0.2) is 66.7 Å². The zero-order valence-corrected chi connectivity index (χ0v) is 19.3. The lowest BCUT2D eigenvalue weighted by atomic mass is 10.1. The molecule has 180 valence electrons. The Morgan fingerprint density at radius 3 is 1.94 bits per heavy atom. The van der Waals surface area contributed by atoms with E-state index in [1.54, 1.807) is 42.3 Å². The van der Waals surface area contributed by atoms with Crippen LogP contribution in [0.2, 0.25) is 0 Å². The van der Waals surface area contributed by atoms with E-state index in [1.165, 1.54) is 31.4 Å². The molecule has 0 fully saturated rings. The van der Waals surface area contributed by atoms with Gasteiger partial charge in [0.1, 0.15) is 0 Å². The first-order valence-electron chi connectivity index (χ1n) is 9.85. The number of hydrogen-bond donors (Lipinski definition) is 2. The molecule has 0 saturated heterocycles. The lowest BCUT2D eigenvalue weighted by Gasteiger charge is -2.21. The van der Waals surface area contributed by atoms with Gasteiger partial charge in [0.25, 0.3) is 0 Å². The molecule has 0 radical (unpaired) electrons. The molecule has 2 N–H and O–H groups in total. The van der Waals surface area contributed by atoms with E-state index < -0.39 is 27.7 Å². The van der Waals surface area contributed by atoms with Crippen molar-refractivity contribution in [1.29, 1.82) is 0 Å². The van der Waals surface area contributed by atoms with Crippen LogP contribution in [-0.4, -0.2) is 34.8 Å². The maximum Gasteiger partial charge on any atom is 0.416 e. The van der Waals surface area contributed by atoms with Crippen LogP contribution in [0.4, 0.5) is 41.6 Å². The molecule has 0 aliphatic carbocycles. The number of carbonyl (C=O) groups is 1. The summed E-state index contributed by atoms with van der Waals surface area (Å²) < 4.78 is 68.4. The third-order valence-electron chi connectivity index (χ3n) is 4.84. The average Bonchev–Trinajstić information content (AvgIpc) is 2.78. The number of nitrogens with zero attached hydrogens (tertiary/aromatic N) is 1. The van der Waals surface area contributed by atoms with Gasteiger partial charge in [-0.3, -0.25) is 4.72 Å². The summed E-state index contributed by atoms with van der Waals surface area (Å²) in [5, 5.41) is 3.09. The van der Waals surface area contributed by atoms with Gasteiger partial charge in [-0.2, -0.15) is 13.2 Å². The Balaban J connectivity index is 1.80. The van der Waals surface area contributed by atoms with Gasteiger partial charge in [-0.15, -0.1) is 0 Å². The van der Waals surface area contributed by atoms with Crippen molar-refractivity contribution in [2.75, 3.05) is 35.4 Å². The van der Waals surface area contributed by atoms with Crippen LogP contribution in [0.5, 0.6) is 0 Å². The molecule has 0 bridgehead atoms. The van der Waals surface area contributed by atoms with Crippen molar-refractivity contribution in [2.45, 2.75) is 6.18 Å². The quantitative estimate of drug-likeness (QED) is 0.430. The van der Waals surface area contributed by atoms with Crippen LogP contribution >= 0.6 is 0 Å². The molecule has 34 heavy (non-hydrogen) atoms. The smallest absolute Gasteiger partial charge is 0.416 e. The highest BCUT2D eigenvalue weighted by Gasteiger charge is 2.30. The zero-order chi connectivity index (χ0) is 25.1. The van der Waals surface area contributed by atoms with Gasteiger partial charge in [0.2, 0.25) is 10.0 Å². The van der Waals surface area contributed by atoms with Crippen LogP contribution in [0.1, 0.15) is 15.9 Å². The molecular weight excluding hydrogens is 471 g/mol. The van der Waals surface area contributed by atoms with Crippen molar-refractivity contribution >= 4 is 44.4 Å². The van der Waals surface area contributed by atoms with Crippen LogP contribution in [0, 0.1) is 0 Å². The third kappa shape index (κ3) is 6.19. The normalized spacial score (nSPS) is 11.6. The number of ether oxygens (including phenoxy) is 1. The number of carbonyl (C=O) groups excluding carboxylic acids is 1. The summed E-state index contributed by atoms with van der Waals surface area (Å²) in [5.41, 5.74) is 1.95. The predicted molar refractivity (Wildman–Crippen MR) is 125 cm³/mol. The minimum absolute atomic E-state index is 0.127. The molecular formula is C23H22F3N3O4S. The Bertz CT molecular complexity index is 1280. The number of hydrogen-bond acceptors (Lipinski definition) is 6. The summed E-state index contributed by atoms with van der Waals surface area (Å²) in [7, 11) is -0.580. The fourth-order valence-corrected chi connectivity index (χ4v) is 3.71. The summed E-state index contributed by atoms with van der Waals surface area (Å²) in [6, 6.07) is 16.2. The molecule has 0 saturated carbocycles. The molecule has 0 amide bonds. The van der Waals surface area contributed by atoms with Gasteiger partial charge in [0, 0.05) is 29.8 Å². The summed E-state index contributed by atoms with van der Waals surface area (Å²) in [5.74, 6) is -0.654. The molecule has 0 aliphatic rings. The highest BCUT2D eigenvalue weighted by atomic mass is 32.2. The van der Waals surface area contributed by atoms with Crippen LogP contribution in [0.3, 0.4) is 0 Å². The lowest BCUT2D eigenvalue weighted by Crippen LogP contribution is -2.12. The van der Waals surface area contributed by atoms with Gasteiger partial charge in [-0.25, -0.2) is 13.2 Å².